The van der Waals surface area contributed by atoms with E-state index in [2.05, 4.69) is 4.98 Å². The Kier molecular flexibility index (Phi) is 3.95. The molecule has 1 atom stereocenters. The molecule has 4 rings (SSSR count). The van der Waals surface area contributed by atoms with Crippen LogP contribution < -0.4 is 11.3 Å². The molecule has 3 aromatic rings. The third kappa shape index (κ3) is 2.94. The van der Waals surface area contributed by atoms with E-state index < -0.39 is 11.9 Å². The molecule has 132 valence electrons. The molecule has 6 heteroatoms. The fourth-order valence-corrected chi connectivity index (χ4v) is 3.28. The van der Waals surface area contributed by atoms with Gasteiger partial charge in [0.1, 0.15) is 17.6 Å². The summed E-state index contributed by atoms with van der Waals surface area (Å²) in [5, 5.41) is 10.0. The summed E-state index contributed by atoms with van der Waals surface area (Å²) in [5.41, 5.74) is 6.50. The second-order valence-electron chi connectivity index (χ2n) is 6.78. The van der Waals surface area contributed by atoms with E-state index in [9.17, 15) is 14.7 Å². The summed E-state index contributed by atoms with van der Waals surface area (Å²) in [4.78, 5) is 30.0. The highest BCUT2D eigenvalue weighted by Crippen LogP contribution is 2.37. The van der Waals surface area contributed by atoms with Crippen LogP contribution in [0.4, 0.5) is 0 Å². The van der Waals surface area contributed by atoms with Gasteiger partial charge in [-0.1, -0.05) is 43.2 Å². The number of aromatic nitrogens is 2. The van der Waals surface area contributed by atoms with E-state index in [1.54, 1.807) is 6.07 Å². The number of nitrogens with zero attached hydrogens (tertiary/aromatic N) is 2. The van der Waals surface area contributed by atoms with Gasteiger partial charge in [0.25, 0.3) is 5.56 Å². The Morgan fingerprint density at radius 1 is 1.23 bits per heavy atom. The molecule has 2 aromatic carbocycles. The van der Waals surface area contributed by atoms with Crippen LogP contribution in [-0.4, -0.2) is 20.6 Å². The van der Waals surface area contributed by atoms with E-state index in [-0.39, 0.29) is 16.7 Å². The average molecular weight is 349 g/mol. The van der Waals surface area contributed by atoms with Gasteiger partial charge in [-0.15, -0.1) is 0 Å². The summed E-state index contributed by atoms with van der Waals surface area (Å²) in [6, 6.07) is 13.0. The van der Waals surface area contributed by atoms with Crippen LogP contribution >= 0.6 is 0 Å². The van der Waals surface area contributed by atoms with E-state index in [1.165, 1.54) is 16.7 Å². The minimum atomic E-state index is -0.760. The zero-order chi connectivity index (χ0) is 18.3. The first-order valence-corrected chi connectivity index (χ1v) is 8.64. The van der Waals surface area contributed by atoms with E-state index in [0.717, 1.165) is 18.4 Å². The number of hydrogen-bond acceptors (Lipinski definition) is 4. The highest BCUT2D eigenvalue weighted by Gasteiger charge is 2.32. The molecule has 1 aliphatic carbocycles. The third-order valence-corrected chi connectivity index (χ3v) is 4.81. The average Bonchev–Trinajstić information content (AvgIpc) is 3.45. The smallest absolute Gasteiger partial charge is 0.262 e. The largest absolute Gasteiger partial charge is 0.508 e. The molecule has 0 saturated heterocycles. The van der Waals surface area contributed by atoms with Gasteiger partial charge in [0.15, 0.2) is 0 Å². The number of hydrogen-bond donors (Lipinski definition) is 2. The molecular weight excluding hydrogens is 330 g/mol. The van der Waals surface area contributed by atoms with E-state index in [0.29, 0.717) is 23.7 Å². The molecule has 26 heavy (non-hydrogen) atoms. The number of phenolic OH excluding ortho intramolecular Hbond substituents is 1. The molecule has 0 spiro atoms. The van der Waals surface area contributed by atoms with Crippen molar-refractivity contribution in [3.05, 3.63) is 58.9 Å². The molecule has 1 amide bonds. The highest BCUT2D eigenvalue weighted by atomic mass is 16.3. The van der Waals surface area contributed by atoms with Crippen LogP contribution in [0, 0.1) is 5.92 Å². The van der Waals surface area contributed by atoms with Crippen molar-refractivity contribution in [2.45, 2.75) is 25.3 Å². The SMILES string of the molecule is NC(=O)C(CC1CC1)n1c(-c2ccccc2)nc2ccc(O)cc2c1=O. The lowest BCUT2D eigenvalue weighted by Crippen LogP contribution is -2.36. The number of aromatic hydroxyl groups is 1. The fourth-order valence-electron chi connectivity index (χ4n) is 3.28. The number of carbonyl (C=O) groups is 1. The Morgan fingerprint density at radius 3 is 2.62 bits per heavy atom. The topological polar surface area (TPSA) is 98.2 Å². The standard InChI is InChI=1S/C20H19N3O3/c21-18(25)17(10-12-6-7-12)23-19(13-4-2-1-3-5-13)22-16-9-8-14(24)11-15(16)20(23)26/h1-5,8-9,11-12,17,24H,6-7,10H2,(H2,21,25). The third-order valence-electron chi connectivity index (χ3n) is 4.81. The second kappa shape index (κ2) is 6.29. The number of carbonyl (C=O) groups excluding carboxylic acids is 1. The van der Waals surface area contributed by atoms with Crippen molar-refractivity contribution < 1.29 is 9.90 Å². The van der Waals surface area contributed by atoms with Gasteiger partial charge in [-0.2, -0.15) is 0 Å². The van der Waals surface area contributed by atoms with Crippen molar-refractivity contribution in [3.63, 3.8) is 0 Å². The number of fused-ring (bicyclic) bond motifs is 1. The van der Waals surface area contributed by atoms with Crippen molar-refractivity contribution in [1.29, 1.82) is 0 Å². The highest BCUT2D eigenvalue weighted by molar-refractivity contribution is 5.84. The number of benzene rings is 2. The maximum absolute atomic E-state index is 13.2. The van der Waals surface area contributed by atoms with Gasteiger partial charge in [-0.25, -0.2) is 4.98 Å². The number of phenols is 1. The van der Waals surface area contributed by atoms with Crippen LogP contribution in [0.2, 0.25) is 0 Å². The van der Waals surface area contributed by atoms with Gasteiger partial charge < -0.3 is 10.8 Å². The van der Waals surface area contributed by atoms with E-state index in [1.807, 2.05) is 30.3 Å². The molecule has 0 radical (unpaired) electrons. The van der Waals surface area contributed by atoms with Crippen LogP contribution in [0.25, 0.3) is 22.3 Å². The van der Waals surface area contributed by atoms with Crippen LogP contribution in [0.15, 0.2) is 53.3 Å². The van der Waals surface area contributed by atoms with E-state index >= 15 is 0 Å². The summed E-state index contributed by atoms with van der Waals surface area (Å²) in [5.74, 6) is 0.256. The maximum atomic E-state index is 13.2. The first-order chi connectivity index (χ1) is 12.5. The molecule has 1 saturated carbocycles. The molecule has 0 bridgehead atoms. The van der Waals surface area contributed by atoms with Crippen LogP contribution in [0.3, 0.4) is 0 Å². The number of primary amides is 1. The monoisotopic (exact) mass is 349 g/mol. The number of rotatable bonds is 5. The quantitative estimate of drug-likeness (QED) is 0.740. The van der Waals surface area contributed by atoms with Crippen molar-refractivity contribution >= 4 is 16.8 Å². The first kappa shape index (κ1) is 16.3. The predicted molar refractivity (Wildman–Crippen MR) is 98.7 cm³/mol. The molecule has 1 aromatic heterocycles. The minimum absolute atomic E-state index is 0.0202. The van der Waals surface area contributed by atoms with Crippen molar-refractivity contribution in [2.24, 2.45) is 11.7 Å². The summed E-state index contributed by atoms with van der Waals surface area (Å²) in [7, 11) is 0. The zero-order valence-corrected chi connectivity index (χ0v) is 14.1. The summed E-state index contributed by atoms with van der Waals surface area (Å²) >= 11 is 0. The van der Waals surface area contributed by atoms with Crippen molar-refractivity contribution in [2.75, 3.05) is 0 Å². The zero-order valence-electron chi connectivity index (χ0n) is 14.1. The normalized spacial score (nSPS) is 15.1. The molecule has 3 N–H and O–H groups in total. The number of nitrogens with two attached hydrogens (primary N) is 1. The van der Waals surface area contributed by atoms with Gasteiger partial charge in [0.05, 0.1) is 10.9 Å². The lowest BCUT2D eigenvalue weighted by Gasteiger charge is -2.21. The van der Waals surface area contributed by atoms with Crippen LogP contribution in [0.1, 0.15) is 25.3 Å². The Bertz CT molecular complexity index is 1040. The molecule has 1 fully saturated rings. The maximum Gasteiger partial charge on any atom is 0.262 e. The van der Waals surface area contributed by atoms with Gasteiger partial charge in [-0.3, -0.25) is 14.2 Å². The van der Waals surface area contributed by atoms with Gasteiger partial charge in [-0.05, 0) is 30.5 Å². The molecule has 1 unspecified atom stereocenters. The molecule has 1 heterocycles. The summed E-state index contributed by atoms with van der Waals surface area (Å²) < 4.78 is 1.40. The Balaban J connectivity index is 2.02. The Hall–Kier alpha value is -3.15. The minimum Gasteiger partial charge on any atom is -0.508 e. The van der Waals surface area contributed by atoms with Crippen molar-refractivity contribution in [1.82, 2.24) is 9.55 Å². The Morgan fingerprint density at radius 2 is 1.96 bits per heavy atom. The second-order valence-corrected chi connectivity index (χ2v) is 6.78. The first-order valence-electron chi connectivity index (χ1n) is 8.64. The van der Waals surface area contributed by atoms with Gasteiger partial charge >= 0.3 is 0 Å². The van der Waals surface area contributed by atoms with Gasteiger partial charge in [0.2, 0.25) is 5.91 Å². The Labute approximate surface area is 149 Å². The fraction of sp³-hybridized carbons (Fsp3) is 0.250. The molecule has 1 aliphatic rings. The molecule has 0 aliphatic heterocycles. The summed E-state index contributed by atoms with van der Waals surface area (Å²) in [6.07, 6.45) is 2.61. The van der Waals surface area contributed by atoms with E-state index in [4.69, 9.17) is 5.73 Å². The lowest BCUT2D eigenvalue weighted by atomic mass is 10.1. The molecule has 6 nitrogen and oxygen atoms in total. The van der Waals surface area contributed by atoms with Crippen molar-refractivity contribution in [3.8, 4) is 17.1 Å². The lowest BCUT2D eigenvalue weighted by molar-refractivity contribution is -0.121. The number of amides is 1. The molecular formula is C20H19N3O3. The summed E-state index contributed by atoms with van der Waals surface area (Å²) in [6.45, 7) is 0. The van der Waals surface area contributed by atoms with Crippen LogP contribution in [0.5, 0.6) is 5.75 Å². The predicted octanol–water partition coefficient (Wildman–Crippen LogP) is 2.60. The van der Waals surface area contributed by atoms with Gasteiger partial charge in [0, 0.05) is 5.56 Å². The van der Waals surface area contributed by atoms with Crippen LogP contribution in [-0.2, 0) is 4.79 Å².